The van der Waals surface area contributed by atoms with Gasteiger partial charge in [0.2, 0.25) is 0 Å². The lowest BCUT2D eigenvalue weighted by Crippen LogP contribution is -2.12. The summed E-state index contributed by atoms with van der Waals surface area (Å²) in [5, 5.41) is 37.4. The number of carbonyl (C=O) groups excluding carboxylic acids is 1. The highest BCUT2D eigenvalue weighted by molar-refractivity contribution is 5.97. The van der Waals surface area contributed by atoms with Crippen molar-refractivity contribution in [2.45, 2.75) is 0 Å². The molecule has 8 heteroatoms. The monoisotopic (exact) mass is 236 g/mol. The zero-order chi connectivity index (χ0) is 12.6. The lowest BCUT2D eigenvalue weighted by atomic mass is 10.1. The molecule has 17 heavy (non-hydrogen) atoms. The second-order valence-electron chi connectivity index (χ2n) is 3.24. The van der Waals surface area contributed by atoms with Crippen molar-refractivity contribution in [1.29, 1.82) is 0 Å². The number of aromatic amines is 1. The van der Waals surface area contributed by atoms with E-state index in [0.717, 1.165) is 12.1 Å². The molecule has 0 saturated heterocycles. The van der Waals surface area contributed by atoms with E-state index in [2.05, 4.69) is 15.4 Å². The second kappa shape index (κ2) is 3.67. The van der Waals surface area contributed by atoms with Crippen LogP contribution >= 0.6 is 0 Å². The van der Waals surface area contributed by atoms with E-state index in [0.29, 0.717) is 0 Å². The minimum absolute atomic E-state index is 0.00898. The summed E-state index contributed by atoms with van der Waals surface area (Å²) in [4.78, 5) is 11.0. The molecule has 2 aromatic rings. The molecule has 1 heterocycles. The summed E-state index contributed by atoms with van der Waals surface area (Å²) < 4.78 is 0. The number of hydrogen-bond donors (Lipinski definition) is 5. The normalized spacial score (nSPS) is 10.4. The number of hydrogen-bond acceptors (Lipinski definition) is 6. The number of H-pyrrole nitrogens is 1. The number of nitrogens with zero attached hydrogens (tertiary/aromatic N) is 2. The van der Waals surface area contributed by atoms with E-state index >= 15 is 0 Å². The predicted molar refractivity (Wildman–Crippen MR) is 55.3 cm³/mol. The molecular weight excluding hydrogens is 228 g/mol. The molecule has 88 valence electrons. The first-order chi connectivity index (χ1) is 8.00. The first-order valence-corrected chi connectivity index (χ1v) is 4.46. The molecule has 1 amide bonds. The van der Waals surface area contributed by atoms with E-state index in [1.54, 1.807) is 0 Å². The molecule has 0 radical (unpaired) electrons. The molecule has 0 aliphatic heterocycles. The van der Waals surface area contributed by atoms with Crippen LogP contribution in [0.5, 0.6) is 17.2 Å². The van der Waals surface area contributed by atoms with Gasteiger partial charge in [0.1, 0.15) is 11.4 Å². The van der Waals surface area contributed by atoms with Gasteiger partial charge in [-0.1, -0.05) is 0 Å². The fourth-order valence-corrected chi connectivity index (χ4v) is 1.35. The maximum atomic E-state index is 11.0. The van der Waals surface area contributed by atoms with Crippen LogP contribution in [0.15, 0.2) is 12.1 Å². The van der Waals surface area contributed by atoms with Gasteiger partial charge in [-0.3, -0.25) is 4.79 Å². The average Bonchev–Trinajstić information content (AvgIpc) is 2.72. The molecule has 6 N–H and O–H groups in total. The zero-order valence-corrected chi connectivity index (χ0v) is 8.38. The van der Waals surface area contributed by atoms with E-state index in [4.69, 9.17) is 10.8 Å². The van der Waals surface area contributed by atoms with Crippen molar-refractivity contribution in [2.24, 2.45) is 5.73 Å². The quantitative estimate of drug-likeness (QED) is 0.357. The molecule has 0 spiro atoms. The Labute approximate surface area is 94.3 Å². The first kappa shape index (κ1) is 10.7. The lowest BCUT2D eigenvalue weighted by molar-refractivity contribution is 0.0996. The largest absolute Gasteiger partial charge is 0.507 e. The Hall–Kier alpha value is -2.77. The highest BCUT2D eigenvalue weighted by Gasteiger charge is 2.19. The summed E-state index contributed by atoms with van der Waals surface area (Å²) in [6.07, 6.45) is 0. The number of amides is 1. The molecule has 0 atom stereocenters. The molecule has 1 aromatic carbocycles. The number of benzene rings is 1. The molecule has 0 aliphatic carbocycles. The van der Waals surface area contributed by atoms with E-state index in [1.807, 2.05) is 0 Å². The third-order valence-electron chi connectivity index (χ3n) is 2.13. The van der Waals surface area contributed by atoms with E-state index in [-0.39, 0.29) is 22.7 Å². The number of aromatic hydroxyl groups is 3. The number of primary amides is 1. The summed E-state index contributed by atoms with van der Waals surface area (Å²) in [5.41, 5.74) is 4.91. The van der Waals surface area contributed by atoms with Crippen molar-refractivity contribution in [3.63, 3.8) is 0 Å². The molecular formula is C9H8N4O4. The number of rotatable bonds is 2. The minimum Gasteiger partial charge on any atom is -0.507 e. The Morgan fingerprint density at radius 3 is 2.41 bits per heavy atom. The Morgan fingerprint density at radius 1 is 1.12 bits per heavy atom. The van der Waals surface area contributed by atoms with Gasteiger partial charge in [-0.2, -0.15) is 15.4 Å². The fraction of sp³-hybridized carbons (Fsp3) is 0. The Bertz CT molecular complexity index is 593. The zero-order valence-electron chi connectivity index (χ0n) is 8.38. The second-order valence-corrected chi connectivity index (χ2v) is 3.24. The van der Waals surface area contributed by atoms with E-state index in [9.17, 15) is 15.0 Å². The van der Waals surface area contributed by atoms with Gasteiger partial charge in [-0.15, -0.1) is 0 Å². The topological polar surface area (TPSA) is 145 Å². The van der Waals surface area contributed by atoms with Gasteiger partial charge in [0, 0.05) is 6.07 Å². The SMILES string of the molecule is NC(=O)c1n[nH]nc1-c1cc(O)c(O)cc1O. The summed E-state index contributed by atoms with van der Waals surface area (Å²) >= 11 is 0. The van der Waals surface area contributed by atoms with Crippen LogP contribution in [0.25, 0.3) is 11.3 Å². The van der Waals surface area contributed by atoms with Crippen LogP contribution in [0.4, 0.5) is 0 Å². The Balaban J connectivity index is 2.64. The third kappa shape index (κ3) is 1.71. The summed E-state index contributed by atoms with van der Waals surface area (Å²) in [6, 6.07) is 1.97. The van der Waals surface area contributed by atoms with Crippen molar-refractivity contribution in [1.82, 2.24) is 15.4 Å². The van der Waals surface area contributed by atoms with Gasteiger partial charge in [0.15, 0.2) is 17.2 Å². The Kier molecular flexibility index (Phi) is 2.32. The highest BCUT2D eigenvalue weighted by atomic mass is 16.3. The average molecular weight is 236 g/mol. The summed E-state index contributed by atoms with van der Waals surface area (Å²) in [5.74, 6) is -2.15. The van der Waals surface area contributed by atoms with E-state index in [1.165, 1.54) is 0 Å². The van der Waals surface area contributed by atoms with Crippen molar-refractivity contribution >= 4 is 5.91 Å². The van der Waals surface area contributed by atoms with Crippen LogP contribution in [0.1, 0.15) is 10.5 Å². The van der Waals surface area contributed by atoms with Gasteiger partial charge in [-0.25, -0.2) is 0 Å². The molecule has 0 saturated carbocycles. The Morgan fingerprint density at radius 2 is 1.76 bits per heavy atom. The van der Waals surface area contributed by atoms with Gasteiger partial charge in [-0.05, 0) is 6.07 Å². The van der Waals surface area contributed by atoms with Gasteiger partial charge in [0.05, 0.1) is 5.56 Å². The fourth-order valence-electron chi connectivity index (χ4n) is 1.35. The van der Waals surface area contributed by atoms with Crippen molar-refractivity contribution < 1.29 is 20.1 Å². The van der Waals surface area contributed by atoms with Gasteiger partial charge >= 0.3 is 0 Å². The maximum absolute atomic E-state index is 11.0. The number of carbonyl (C=O) groups is 1. The molecule has 0 fully saturated rings. The smallest absolute Gasteiger partial charge is 0.271 e. The van der Waals surface area contributed by atoms with Crippen LogP contribution in [-0.2, 0) is 0 Å². The van der Waals surface area contributed by atoms with Crippen molar-refractivity contribution in [2.75, 3.05) is 0 Å². The van der Waals surface area contributed by atoms with Gasteiger partial charge < -0.3 is 21.1 Å². The number of phenols is 3. The predicted octanol–water partition coefficient (Wildman–Crippen LogP) is -0.313. The molecule has 0 bridgehead atoms. The van der Waals surface area contributed by atoms with Crippen LogP contribution in [0.2, 0.25) is 0 Å². The van der Waals surface area contributed by atoms with E-state index < -0.39 is 17.4 Å². The lowest BCUT2D eigenvalue weighted by Gasteiger charge is -2.04. The highest BCUT2D eigenvalue weighted by Crippen LogP contribution is 2.38. The number of aromatic nitrogens is 3. The number of nitrogens with two attached hydrogens (primary N) is 1. The van der Waals surface area contributed by atoms with Crippen LogP contribution < -0.4 is 5.73 Å². The molecule has 0 unspecified atom stereocenters. The molecule has 1 aromatic heterocycles. The van der Waals surface area contributed by atoms with Crippen LogP contribution in [-0.4, -0.2) is 36.6 Å². The first-order valence-electron chi connectivity index (χ1n) is 4.46. The van der Waals surface area contributed by atoms with Crippen LogP contribution in [0.3, 0.4) is 0 Å². The molecule has 2 rings (SSSR count). The number of phenolic OH excluding ortho intramolecular Hbond substituents is 3. The van der Waals surface area contributed by atoms with Crippen molar-refractivity contribution in [3.8, 4) is 28.5 Å². The summed E-state index contributed by atoms with van der Waals surface area (Å²) in [7, 11) is 0. The van der Waals surface area contributed by atoms with Crippen LogP contribution in [0, 0.1) is 0 Å². The molecule has 0 aliphatic rings. The van der Waals surface area contributed by atoms with Crippen molar-refractivity contribution in [3.05, 3.63) is 17.8 Å². The maximum Gasteiger partial charge on any atom is 0.271 e. The number of nitrogens with one attached hydrogen (secondary N) is 1. The van der Waals surface area contributed by atoms with Gasteiger partial charge in [0.25, 0.3) is 5.91 Å². The summed E-state index contributed by atoms with van der Waals surface area (Å²) in [6.45, 7) is 0. The molecule has 8 nitrogen and oxygen atoms in total. The standard InChI is InChI=1S/C9H8N4O4/c10-9(17)8-7(11-13-12-8)3-1-5(15)6(16)2-4(3)14/h1-2,14-16H,(H2,10,17)(H,11,12,13). The third-order valence-corrected chi connectivity index (χ3v) is 2.13. The minimum atomic E-state index is -0.833.